The molecule has 1 aliphatic carbocycles. The van der Waals surface area contributed by atoms with Gasteiger partial charge in [0.1, 0.15) is 5.82 Å². The van der Waals surface area contributed by atoms with Crippen LogP contribution in [0.5, 0.6) is 0 Å². The lowest BCUT2D eigenvalue weighted by molar-refractivity contribution is -0.121. The van der Waals surface area contributed by atoms with Gasteiger partial charge >= 0.3 is 5.97 Å². The Bertz CT molecular complexity index is 793. The first kappa shape index (κ1) is 17.4. The second-order valence-electron chi connectivity index (χ2n) is 6.93. The highest BCUT2D eigenvalue weighted by Crippen LogP contribution is 2.32. The number of carbonyl (C=O) groups excluding carboxylic acids is 1. The predicted octanol–water partition coefficient (Wildman–Crippen LogP) is 1.36. The highest BCUT2D eigenvalue weighted by molar-refractivity contribution is 5.92. The van der Waals surface area contributed by atoms with Crippen molar-refractivity contribution >= 4 is 22.9 Å². The predicted molar refractivity (Wildman–Crippen MR) is 94.7 cm³/mol. The first-order valence-electron chi connectivity index (χ1n) is 8.58. The summed E-state index contributed by atoms with van der Waals surface area (Å²) in [4.78, 5) is 29.4. The van der Waals surface area contributed by atoms with Crippen LogP contribution in [0.25, 0.3) is 11.0 Å². The highest BCUT2D eigenvalue weighted by Gasteiger charge is 2.24. The number of aromatic nitrogens is 2. The van der Waals surface area contributed by atoms with Gasteiger partial charge in [0.25, 0.3) is 0 Å². The normalized spacial score (nSPS) is 14.2. The molecule has 0 bridgehead atoms. The Balaban J connectivity index is 1.77. The second-order valence-corrected chi connectivity index (χ2v) is 6.93. The summed E-state index contributed by atoms with van der Waals surface area (Å²) in [5.74, 6) is 0.618. The molecule has 3 rings (SSSR count). The zero-order chi connectivity index (χ0) is 18.0. The summed E-state index contributed by atoms with van der Waals surface area (Å²) in [6.45, 7) is 1.79. The largest absolute Gasteiger partial charge is 0.478 e. The maximum absolute atomic E-state index is 11.8. The van der Waals surface area contributed by atoms with Gasteiger partial charge in [0.15, 0.2) is 0 Å². The lowest BCUT2D eigenvalue weighted by Crippen LogP contribution is -2.34. The number of amides is 1. The molecule has 0 atom stereocenters. The molecule has 7 heteroatoms. The van der Waals surface area contributed by atoms with Gasteiger partial charge in [0.2, 0.25) is 5.91 Å². The SMILES string of the molecule is CN(C)CC(=O)NCCc1nc2cc(C(=O)O)ccc2n1CC1CC1. The van der Waals surface area contributed by atoms with E-state index in [0.717, 1.165) is 17.9 Å². The van der Waals surface area contributed by atoms with E-state index in [1.54, 1.807) is 12.1 Å². The van der Waals surface area contributed by atoms with Crippen LogP contribution >= 0.6 is 0 Å². The molecule has 25 heavy (non-hydrogen) atoms. The number of carboxylic acid groups (broad SMARTS) is 1. The summed E-state index contributed by atoms with van der Waals surface area (Å²) < 4.78 is 2.18. The molecule has 1 amide bonds. The van der Waals surface area contributed by atoms with Crippen molar-refractivity contribution in [2.24, 2.45) is 5.92 Å². The highest BCUT2D eigenvalue weighted by atomic mass is 16.4. The molecule has 0 radical (unpaired) electrons. The zero-order valence-electron chi connectivity index (χ0n) is 14.7. The lowest BCUT2D eigenvalue weighted by atomic mass is 10.2. The first-order chi connectivity index (χ1) is 11.9. The minimum atomic E-state index is -0.948. The number of benzene rings is 1. The molecule has 2 aromatic rings. The van der Waals surface area contributed by atoms with Crippen molar-refractivity contribution in [3.8, 4) is 0 Å². The number of likely N-dealkylation sites (N-methyl/N-ethyl adjacent to an activating group) is 1. The maximum atomic E-state index is 11.8. The molecule has 1 fully saturated rings. The first-order valence-corrected chi connectivity index (χ1v) is 8.58. The summed E-state index contributed by atoms with van der Waals surface area (Å²) >= 11 is 0. The molecule has 134 valence electrons. The molecular weight excluding hydrogens is 320 g/mol. The van der Waals surface area contributed by atoms with Gasteiger partial charge in [-0.3, -0.25) is 4.79 Å². The number of nitrogens with zero attached hydrogens (tertiary/aromatic N) is 3. The summed E-state index contributed by atoms with van der Waals surface area (Å²) in [5, 5.41) is 12.1. The van der Waals surface area contributed by atoms with Crippen molar-refractivity contribution in [1.29, 1.82) is 0 Å². The van der Waals surface area contributed by atoms with Gasteiger partial charge in [-0.15, -0.1) is 0 Å². The average molecular weight is 344 g/mol. The number of hydrogen-bond acceptors (Lipinski definition) is 4. The van der Waals surface area contributed by atoms with Crippen molar-refractivity contribution in [2.75, 3.05) is 27.2 Å². The Morgan fingerprint density at radius 1 is 1.36 bits per heavy atom. The maximum Gasteiger partial charge on any atom is 0.335 e. The Hall–Kier alpha value is -2.41. The summed E-state index contributed by atoms with van der Waals surface area (Å²) in [6.07, 6.45) is 3.08. The van der Waals surface area contributed by atoms with Gasteiger partial charge in [-0.25, -0.2) is 9.78 Å². The summed E-state index contributed by atoms with van der Waals surface area (Å²) in [7, 11) is 3.71. The number of carbonyl (C=O) groups is 2. The van der Waals surface area contributed by atoms with Crippen LogP contribution in [-0.4, -0.2) is 58.6 Å². The van der Waals surface area contributed by atoms with E-state index < -0.39 is 5.97 Å². The van der Waals surface area contributed by atoms with Crippen molar-refractivity contribution in [1.82, 2.24) is 19.8 Å². The van der Waals surface area contributed by atoms with E-state index in [9.17, 15) is 9.59 Å². The number of aromatic carboxylic acids is 1. The fraction of sp³-hybridized carbons (Fsp3) is 0.500. The number of nitrogens with one attached hydrogen (secondary N) is 1. The average Bonchev–Trinajstić information content (AvgIpc) is 3.29. The quantitative estimate of drug-likeness (QED) is 0.755. The van der Waals surface area contributed by atoms with Crippen LogP contribution < -0.4 is 5.32 Å². The van der Waals surface area contributed by atoms with Gasteiger partial charge in [-0.2, -0.15) is 0 Å². The third-order valence-corrected chi connectivity index (χ3v) is 4.34. The molecule has 1 aromatic heterocycles. The van der Waals surface area contributed by atoms with Gasteiger partial charge in [0.05, 0.1) is 23.1 Å². The van der Waals surface area contributed by atoms with Gasteiger partial charge < -0.3 is 19.9 Å². The summed E-state index contributed by atoms with van der Waals surface area (Å²) in [5.41, 5.74) is 1.91. The van der Waals surface area contributed by atoms with E-state index in [4.69, 9.17) is 5.11 Å². The minimum Gasteiger partial charge on any atom is -0.478 e. The topological polar surface area (TPSA) is 87.5 Å². The van der Waals surface area contributed by atoms with E-state index in [2.05, 4.69) is 14.9 Å². The number of carboxylic acids is 1. The Kier molecular flexibility index (Phi) is 5.03. The van der Waals surface area contributed by atoms with E-state index in [0.29, 0.717) is 30.9 Å². The summed E-state index contributed by atoms with van der Waals surface area (Å²) in [6, 6.07) is 5.08. The van der Waals surface area contributed by atoms with Crippen molar-refractivity contribution in [3.05, 3.63) is 29.6 Å². The third kappa shape index (κ3) is 4.36. The van der Waals surface area contributed by atoms with E-state index in [-0.39, 0.29) is 11.5 Å². The molecule has 0 spiro atoms. The number of fused-ring (bicyclic) bond motifs is 1. The lowest BCUT2D eigenvalue weighted by Gasteiger charge is -2.11. The molecule has 0 aliphatic heterocycles. The molecule has 2 N–H and O–H groups in total. The number of hydrogen-bond donors (Lipinski definition) is 2. The Labute approximate surface area is 146 Å². The zero-order valence-corrected chi connectivity index (χ0v) is 14.7. The van der Waals surface area contributed by atoms with Gasteiger partial charge in [-0.05, 0) is 51.1 Å². The minimum absolute atomic E-state index is 0.0111. The van der Waals surface area contributed by atoms with Crippen molar-refractivity contribution in [2.45, 2.75) is 25.8 Å². The van der Waals surface area contributed by atoms with Gasteiger partial charge in [-0.1, -0.05) is 0 Å². The fourth-order valence-electron chi connectivity index (χ4n) is 2.92. The number of rotatable bonds is 8. The third-order valence-electron chi connectivity index (χ3n) is 4.34. The Morgan fingerprint density at radius 2 is 2.12 bits per heavy atom. The van der Waals surface area contributed by atoms with E-state index >= 15 is 0 Å². The standard InChI is InChI=1S/C18H24N4O3/c1-21(2)11-17(23)19-8-7-16-20-14-9-13(18(24)25)5-6-15(14)22(16)10-12-3-4-12/h5-6,9,12H,3-4,7-8,10-11H2,1-2H3,(H,19,23)(H,24,25). The molecular formula is C18H24N4O3. The fourth-order valence-corrected chi connectivity index (χ4v) is 2.92. The van der Waals surface area contributed by atoms with Gasteiger partial charge in [0, 0.05) is 19.5 Å². The van der Waals surface area contributed by atoms with Crippen LogP contribution in [0.1, 0.15) is 29.0 Å². The van der Waals surface area contributed by atoms with E-state index in [1.807, 2.05) is 25.1 Å². The molecule has 1 aliphatic rings. The van der Waals surface area contributed by atoms with Crippen LogP contribution in [0.4, 0.5) is 0 Å². The smallest absolute Gasteiger partial charge is 0.335 e. The second kappa shape index (κ2) is 7.23. The number of imidazole rings is 1. The van der Waals surface area contributed by atoms with Crippen LogP contribution in [0, 0.1) is 5.92 Å². The van der Waals surface area contributed by atoms with E-state index in [1.165, 1.54) is 12.8 Å². The monoisotopic (exact) mass is 344 g/mol. The molecule has 1 saturated carbocycles. The molecule has 7 nitrogen and oxygen atoms in total. The molecule has 0 saturated heterocycles. The molecule has 1 heterocycles. The van der Waals surface area contributed by atoms with Crippen LogP contribution in [0.2, 0.25) is 0 Å². The Morgan fingerprint density at radius 3 is 2.76 bits per heavy atom. The molecule has 1 aromatic carbocycles. The van der Waals surface area contributed by atoms with Crippen LogP contribution in [-0.2, 0) is 17.8 Å². The van der Waals surface area contributed by atoms with Crippen molar-refractivity contribution in [3.63, 3.8) is 0 Å². The van der Waals surface area contributed by atoms with Crippen LogP contribution in [0.15, 0.2) is 18.2 Å². The van der Waals surface area contributed by atoms with Crippen LogP contribution in [0.3, 0.4) is 0 Å². The van der Waals surface area contributed by atoms with Crippen molar-refractivity contribution < 1.29 is 14.7 Å². The molecule has 0 unspecified atom stereocenters.